The van der Waals surface area contributed by atoms with Crippen LogP contribution >= 0.6 is 0 Å². The van der Waals surface area contributed by atoms with Crippen LogP contribution in [-0.4, -0.2) is 29.7 Å². The van der Waals surface area contributed by atoms with E-state index in [1.807, 2.05) is 6.92 Å². The summed E-state index contributed by atoms with van der Waals surface area (Å²) in [5.74, 6) is 0.248. The van der Waals surface area contributed by atoms with E-state index in [1.54, 1.807) is 0 Å². The number of ether oxygens (including phenoxy) is 2. The Bertz CT molecular complexity index is 297. The molecule has 4 atom stereocenters. The molecule has 1 saturated carbocycles. The topological polar surface area (TPSA) is 42.1 Å². The highest BCUT2D eigenvalue weighted by Crippen LogP contribution is 2.56. The van der Waals surface area contributed by atoms with Crippen molar-refractivity contribution in [2.24, 2.45) is 5.41 Å². The van der Waals surface area contributed by atoms with Gasteiger partial charge in [-0.3, -0.25) is 4.79 Å². The van der Waals surface area contributed by atoms with Crippen molar-refractivity contribution in [1.29, 1.82) is 0 Å². The van der Waals surface area contributed by atoms with Gasteiger partial charge >= 0.3 is 0 Å². The molecule has 2 heterocycles. The Morgan fingerprint density at radius 3 is 2.69 bits per heavy atom. The minimum Gasteiger partial charge on any atom is -0.366 e. The summed E-state index contributed by atoms with van der Waals surface area (Å²) in [6, 6.07) is 0. The minimum atomic E-state index is -0.507. The third kappa shape index (κ3) is 0.842. The van der Waals surface area contributed by atoms with Gasteiger partial charge in [-0.15, -0.1) is 0 Å². The van der Waals surface area contributed by atoms with E-state index in [1.165, 1.54) is 0 Å². The number of fused-ring (bicyclic) bond motifs is 3. The van der Waals surface area contributed by atoms with E-state index < -0.39 is 5.60 Å². The lowest BCUT2D eigenvalue weighted by Crippen LogP contribution is -2.28. The third-order valence-corrected chi connectivity index (χ3v) is 3.62. The second-order valence-electron chi connectivity index (χ2n) is 5.26. The van der Waals surface area contributed by atoms with Crippen molar-refractivity contribution in [3.05, 3.63) is 0 Å². The standard InChI is InChI=1S/C10H14O3/c1-9(2)4-5(11)10(3)8(13-10)6-7(9)12-6/h6-8H,4H2,1-3H3. The predicted octanol–water partition coefficient (Wildman–Crippen LogP) is 0.910. The summed E-state index contributed by atoms with van der Waals surface area (Å²) in [7, 11) is 0. The molecule has 0 bridgehead atoms. The van der Waals surface area contributed by atoms with Crippen LogP contribution in [0.4, 0.5) is 0 Å². The van der Waals surface area contributed by atoms with Gasteiger partial charge in [-0.05, 0) is 6.92 Å². The fraction of sp³-hybridized carbons (Fsp3) is 0.900. The Kier molecular flexibility index (Phi) is 1.12. The maximum Gasteiger partial charge on any atom is 0.167 e. The second kappa shape index (κ2) is 1.84. The minimum absolute atomic E-state index is 0.00153. The first-order valence-corrected chi connectivity index (χ1v) is 4.82. The van der Waals surface area contributed by atoms with Crippen LogP contribution in [0.3, 0.4) is 0 Å². The van der Waals surface area contributed by atoms with Gasteiger partial charge in [-0.1, -0.05) is 13.8 Å². The number of hydrogen-bond donors (Lipinski definition) is 0. The Morgan fingerprint density at radius 1 is 1.31 bits per heavy atom. The summed E-state index contributed by atoms with van der Waals surface area (Å²) in [6.07, 6.45) is 1.06. The second-order valence-corrected chi connectivity index (χ2v) is 5.26. The lowest BCUT2D eigenvalue weighted by Gasteiger charge is -2.21. The van der Waals surface area contributed by atoms with Crippen LogP contribution in [0.25, 0.3) is 0 Å². The van der Waals surface area contributed by atoms with Gasteiger partial charge < -0.3 is 9.47 Å². The summed E-state index contributed by atoms with van der Waals surface area (Å²) < 4.78 is 11.0. The first-order valence-electron chi connectivity index (χ1n) is 4.82. The number of hydrogen-bond acceptors (Lipinski definition) is 3. The molecule has 2 saturated heterocycles. The molecule has 1 aliphatic carbocycles. The Balaban J connectivity index is 1.96. The molecule has 72 valence electrons. The molecule has 0 spiro atoms. The van der Waals surface area contributed by atoms with E-state index >= 15 is 0 Å². The Hall–Kier alpha value is -0.410. The van der Waals surface area contributed by atoms with Crippen LogP contribution in [0.2, 0.25) is 0 Å². The molecule has 3 aliphatic rings. The smallest absolute Gasteiger partial charge is 0.167 e. The highest BCUT2D eigenvalue weighted by molar-refractivity contribution is 5.91. The van der Waals surface area contributed by atoms with Crippen molar-refractivity contribution < 1.29 is 14.3 Å². The van der Waals surface area contributed by atoms with E-state index in [9.17, 15) is 4.79 Å². The average molecular weight is 182 g/mol. The first-order chi connectivity index (χ1) is 5.95. The predicted molar refractivity (Wildman–Crippen MR) is 45.3 cm³/mol. The van der Waals surface area contributed by atoms with Crippen LogP contribution in [0.5, 0.6) is 0 Å². The van der Waals surface area contributed by atoms with Gasteiger partial charge in [0.15, 0.2) is 11.4 Å². The number of carbonyl (C=O) groups is 1. The van der Waals surface area contributed by atoms with Gasteiger partial charge in [0, 0.05) is 11.8 Å². The molecule has 0 aromatic heterocycles. The van der Waals surface area contributed by atoms with Gasteiger partial charge in [0.25, 0.3) is 0 Å². The lowest BCUT2D eigenvalue weighted by atomic mass is 9.83. The monoisotopic (exact) mass is 182 g/mol. The normalized spacial score (nSPS) is 56.2. The number of ketones is 1. The molecule has 0 N–H and O–H groups in total. The summed E-state index contributed by atoms with van der Waals surface area (Å²) in [5.41, 5.74) is -0.505. The number of rotatable bonds is 0. The average Bonchev–Trinajstić information content (AvgIpc) is 2.77. The highest BCUT2D eigenvalue weighted by Gasteiger charge is 2.73. The zero-order valence-electron chi connectivity index (χ0n) is 8.16. The molecule has 3 rings (SSSR count). The van der Waals surface area contributed by atoms with Crippen molar-refractivity contribution in [2.75, 3.05) is 0 Å². The molecule has 0 radical (unpaired) electrons. The molecule has 2 aliphatic heterocycles. The molecule has 3 heteroatoms. The number of Topliss-reactive ketones (excluding diaryl/α,β-unsaturated/α-hetero) is 1. The number of epoxide rings is 2. The van der Waals surface area contributed by atoms with Gasteiger partial charge in [0.1, 0.15) is 12.2 Å². The highest BCUT2D eigenvalue weighted by atomic mass is 16.7. The summed E-state index contributed by atoms with van der Waals surface area (Å²) in [4.78, 5) is 11.8. The third-order valence-electron chi connectivity index (χ3n) is 3.62. The SMILES string of the molecule is CC1(C)CC(=O)C2(C)OC2C2OC21. The van der Waals surface area contributed by atoms with E-state index in [-0.39, 0.29) is 29.5 Å². The maximum atomic E-state index is 11.8. The van der Waals surface area contributed by atoms with Crippen molar-refractivity contribution in [1.82, 2.24) is 0 Å². The van der Waals surface area contributed by atoms with Crippen molar-refractivity contribution >= 4 is 5.78 Å². The zero-order valence-corrected chi connectivity index (χ0v) is 8.16. The van der Waals surface area contributed by atoms with Crippen molar-refractivity contribution in [3.8, 4) is 0 Å². The van der Waals surface area contributed by atoms with E-state index in [0.717, 1.165) is 0 Å². The Labute approximate surface area is 77.4 Å². The fourth-order valence-corrected chi connectivity index (χ4v) is 2.51. The van der Waals surface area contributed by atoms with Gasteiger partial charge in [0.05, 0.1) is 6.10 Å². The Morgan fingerprint density at radius 2 is 2.00 bits per heavy atom. The largest absolute Gasteiger partial charge is 0.366 e. The van der Waals surface area contributed by atoms with Crippen molar-refractivity contribution in [2.45, 2.75) is 51.1 Å². The summed E-state index contributed by atoms with van der Waals surface area (Å²) in [6.45, 7) is 6.09. The molecule has 0 aromatic rings. The first kappa shape index (κ1) is 7.94. The molecular weight excluding hydrogens is 168 g/mol. The molecule has 13 heavy (non-hydrogen) atoms. The zero-order chi connectivity index (χ0) is 9.43. The molecule has 0 aromatic carbocycles. The molecular formula is C10H14O3. The van der Waals surface area contributed by atoms with E-state index in [4.69, 9.17) is 9.47 Å². The van der Waals surface area contributed by atoms with E-state index in [2.05, 4.69) is 13.8 Å². The van der Waals surface area contributed by atoms with Gasteiger partial charge in [0.2, 0.25) is 0 Å². The van der Waals surface area contributed by atoms with Crippen LogP contribution in [0.1, 0.15) is 27.2 Å². The van der Waals surface area contributed by atoms with Gasteiger partial charge in [-0.25, -0.2) is 0 Å². The van der Waals surface area contributed by atoms with Crippen LogP contribution in [-0.2, 0) is 14.3 Å². The maximum absolute atomic E-state index is 11.8. The van der Waals surface area contributed by atoms with Crippen LogP contribution in [0, 0.1) is 5.41 Å². The quantitative estimate of drug-likeness (QED) is 0.523. The van der Waals surface area contributed by atoms with Crippen LogP contribution < -0.4 is 0 Å². The number of carbonyl (C=O) groups excluding carboxylic acids is 1. The molecule has 3 nitrogen and oxygen atoms in total. The molecule has 4 unspecified atom stereocenters. The van der Waals surface area contributed by atoms with Gasteiger partial charge in [-0.2, -0.15) is 0 Å². The summed E-state index contributed by atoms with van der Waals surface area (Å²) >= 11 is 0. The fourth-order valence-electron chi connectivity index (χ4n) is 2.51. The molecule has 3 fully saturated rings. The van der Waals surface area contributed by atoms with E-state index in [0.29, 0.717) is 6.42 Å². The molecule has 0 amide bonds. The summed E-state index contributed by atoms with van der Waals surface area (Å²) in [5, 5.41) is 0. The van der Waals surface area contributed by atoms with Crippen molar-refractivity contribution in [3.63, 3.8) is 0 Å². The van der Waals surface area contributed by atoms with Crippen LogP contribution in [0.15, 0.2) is 0 Å². The lowest BCUT2D eigenvalue weighted by molar-refractivity contribution is -0.125.